The fourth-order valence-corrected chi connectivity index (χ4v) is 3.78. The minimum atomic E-state index is 0.0483. The van der Waals surface area contributed by atoms with Crippen molar-refractivity contribution in [1.82, 2.24) is 4.98 Å². The number of pyridine rings is 1. The van der Waals surface area contributed by atoms with Gasteiger partial charge in [0.05, 0.1) is 0 Å². The number of aldehydes is 1. The van der Waals surface area contributed by atoms with Crippen LogP contribution in [0.25, 0.3) is 5.57 Å². The first-order valence-electron chi connectivity index (χ1n) is 14.3. The molecule has 39 heavy (non-hydrogen) atoms. The molecule has 0 aliphatic rings. The van der Waals surface area contributed by atoms with E-state index in [1.165, 1.54) is 46.8 Å². The van der Waals surface area contributed by atoms with Crippen molar-refractivity contribution in [2.24, 2.45) is 10.8 Å². The van der Waals surface area contributed by atoms with Crippen molar-refractivity contribution in [3.8, 4) is 0 Å². The molecule has 0 N–H and O–H groups in total. The molecule has 0 aliphatic heterocycles. The highest BCUT2D eigenvalue weighted by molar-refractivity contribution is 5.68. The fourth-order valence-electron chi connectivity index (χ4n) is 3.78. The molecular weight excluding hydrogens is 474 g/mol. The van der Waals surface area contributed by atoms with Gasteiger partial charge in [-0.05, 0) is 96.9 Å². The molecule has 2 rings (SSSR count). The molecule has 0 unspecified atom stereocenters. The van der Waals surface area contributed by atoms with Crippen LogP contribution in [0, 0.1) is 24.7 Å². The van der Waals surface area contributed by atoms with Gasteiger partial charge in [-0.2, -0.15) is 0 Å². The number of unbranched alkanes of at least 4 members (excludes halogenated alkanes) is 1. The number of carbonyl (C=O) groups excluding carboxylic acids is 1. The van der Waals surface area contributed by atoms with E-state index in [0.717, 1.165) is 31.1 Å². The molecule has 0 amide bonds. The van der Waals surface area contributed by atoms with Gasteiger partial charge >= 0.3 is 0 Å². The molecule has 0 bridgehead atoms. The van der Waals surface area contributed by atoms with Crippen molar-refractivity contribution < 1.29 is 4.79 Å². The summed E-state index contributed by atoms with van der Waals surface area (Å²) in [5.41, 5.74) is 9.43. The lowest BCUT2D eigenvalue weighted by Crippen LogP contribution is -2.17. The first kappa shape index (κ1) is 36.0. The van der Waals surface area contributed by atoms with Gasteiger partial charge in [-0.25, -0.2) is 0 Å². The first-order chi connectivity index (χ1) is 18.2. The molecule has 1 aromatic carbocycles. The van der Waals surface area contributed by atoms with Gasteiger partial charge < -0.3 is 4.79 Å². The predicted molar refractivity (Wildman–Crippen MR) is 174 cm³/mol. The van der Waals surface area contributed by atoms with E-state index < -0.39 is 0 Å². The summed E-state index contributed by atoms with van der Waals surface area (Å²) >= 11 is 0. The van der Waals surface area contributed by atoms with E-state index in [1.807, 2.05) is 19.1 Å². The van der Waals surface area contributed by atoms with E-state index in [2.05, 4.69) is 116 Å². The van der Waals surface area contributed by atoms with E-state index in [0.29, 0.717) is 0 Å². The minimum absolute atomic E-state index is 0.0483. The molecule has 2 nitrogen and oxygen atoms in total. The maximum absolute atomic E-state index is 8.81. The summed E-state index contributed by atoms with van der Waals surface area (Å²) in [7, 11) is 0. The van der Waals surface area contributed by atoms with Crippen LogP contribution < -0.4 is 0 Å². The molecule has 1 heterocycles. The standard InChI is InChI=1S/C29H44.C6H7N.C2H4O/c1-11-13-14-15-23(4)26(21-29(9,10)12-2)27(28(6,7)8)20-24(5)25-18-16-22(3)17-19-25;1-6-2-4-7-5-3-6;1-2-3/h14-20H,4,11-13,21H2,1-3,5-10H3;2-5H,1H3;2H,1H3/b15-14+,24-20+,27-26+;;. The lowest BCUT2D eigenvalue weighted by Gasteiger charge is -2.31. The van der Waals surface area contributed by atoms with Crippen molar-refractivity contribution in [2.75, 3.05) is 0 Å². The summed E-state index contributed by atoms with van der Waals surface area (Å²) in [5.74, 6) is 0. The zero-order valence-corrected chi connectivity index (χ0v) is 26.8. The number of benzene rings is 1. The van der Waals surface area contributed by atoms with Gasteiger partial charge in [-0.3, -0.25) is 4.98 Å². The Morgan fingerprint density at radius 3 is 1.85 bits per heavy atom. The van der Waals surface area contributed by atoms with Crippen LogP contribution in [-0.4, -0.2) is 11.3 Å². The molecule has 0 saturated heterocycles. The molecule has 2 aromatic rings. The Balaban J connectivity index is 0.00000121. The predicted octanol–water partition coefficient (Wildman–Crippen LogP) is 11.1. The number of hydrogen-bond acceptors (Lipinski definition) is 2. The van der Waals surface area contributed by atoms with Crippen LogP contribution in [0.4, 0.5) is 0 Å². The van der Waals surface area contributed by atoms with Gasteiger partial charge in [0.1, 0.15) is 6.29 Å². The van der Waals surface area contributed by atoms with Crippen LogP contribution in [0.3, 0.4) is 0 Å². The lowest BCUT2D eigenvalue weighted by molar-refractivity contribution is -0.106. The fraction of sp³-hybridized carbons (Fsp3) is 0.459. The highest BCUT2D eigenvalue weighted by Gasteiger charge is 2.25. The summed E-state index contributed by atoms with van der Waals surface area (Å²) in [6.07, 6.45) is 15.7. The molecule has 0 atom stereocenters. The Bertz CT molecular complexity index is 1070. The second kappa shape index (κ2) is 18.3. The van der Waals surface area contributed by atoms with Gasteiger partial charge in [0.25, 0.3) is 0 Å². The van der Waals surface area contributed by atoms with Crippen LogP contribution in [-0.2, 0) is 4.79 Å². The molecule has 2 heteroatoms. The van der Waals surface area contributed by atoms with E-state index in [-0.39, 0.29) is 10.8 Å². The molecule has 0 aliphatic carbocycles. The van der Waals surface area contributed by atoms with Crippen LogP contribution in [0.1, 0.15) is 105 Å². The SMILES string of the molecule is C=C(/C=C/CCC)/C(CC(C)(C)CC)=C(\C=C(/C)c1ccc(C)cc1)C(C)(C)C.CC=O.Cc1ccncc1. The van der Waals surface area contributed by atoms with Crippen LogP contribution in [0.5, 0.6) is 0 Å². The van der Waals surface area contributed by atoms with Gasteiger partial charge in [0.2, 0.25) is 0 Å². The smallest absolute Gasteiger partial charge is 0.116 e. The average Bonchev–Trinajstić information content (AvgIpc) is 2.87. The van der Waals surface area contributed by atoms with Crippen molar-refractivity contribution in [3.05, 3.63) is 107 Å². The monoisotopic (exact) mass is 529 g/mol. The summed E-state index contributed by atoms with van der Waals surface area (Å²) in [4.78, 5) is 12.7. The number of carbonyl (C=O) groups is 1. The number of nitrogens with zero attached hydrogens (tertiary/aromatic N) is 1. The molecule has 0 fully saturated rings. The maximum Gasteiger partial charge on any atom is 0.116 e. The summed E-state index contributed by atoms with van der Waals surface area (Å²) in [5, 5.41) is 0. The van der Waals surface area contributed by atoms with Gasteiger partial charge in [0, 0.05) is 12.4 Å². The summed E-state index contributed by atoms with van der Waals surface area (Å²) in [6, 6.07) is 12.8. The van der Waals surface area contributed by atoms with E-state index >= 15 is 0 Å². The largest absolute Gasteiger partial charge is 0.304 e. The normalized spacial score (nSPS) is 12.5. The van der Waals surface area contributed by atoms with E-state index in [4.69, 9.17) is 4.79 Å². The van der Waals surface area contributed by atoms with Crippen molar-refractivity contribution in [3.63, 3.8) is 0 Å². The quantitative estimate of drug-likeness (QED) is 0.239. The third-order valence-corrected chi connectivity index (χ3v) is 6.62. The molecular formula is C37H55NO. The third kappa shape index (κ3) is 15.2. The number of aromatic nitrogens is 1. The molecule has 214 valence electrons. The van der Waals surface area contributed by atoms with Crippen molar-refractivity contribution in [1.29, 1.82) is 0 Å². The number of hydrogen-bond donors (Lipinski definition) is 0. The van der Waals surface area contributed by atoms with Crippen molar-refractivity contribution in [2.45, 2.75) is 102 Å². The molecule has 1 aromatic heterocycles. The summed E-state index contributed by atoms with van der Waals surface area (Å²) < 4.78 is 0. The third-order valence-electron chi connectivity index (χ3n) is 6.62. The second-order valence-corrected chi connectivity index (χ2v) is 12.0. The van der Waals surface area contributed by atoms with Crippen LogP contribution in [0.2, 0.25) is 0 Å². The first-order valence-corrected chi connectivity index (χ1v) is 14.3. The summed E-state index contributed by atoms with van der Waals surface area (Å²) in [6.45, 7) is 28.6. The van der Waals surface area contributed by atoms with E-state index in [9.17, 15) is 0 Å². The maximum atomic E-state index is 8.81. The number of aryl methyl sites for hydroxylation is 2. The van der Waals surface area contributed by atoms with E-state index in [1.54, 1.807) is 12.4 Å². The van der Waals surface area contributed by atoms with Gasteiger partial charge in [-0.15, -0.1) is 0 Å². The lowest BCUT2D eigenvalue weighted by atomic mass is 9.74. The van der Waals surface area contributed by atoms with Crippen molar-refractivity contribution >= 4 is 11.9 Å². The average molecular weight is 530 g/mol. The number of allylic oxidation sites excluding steroid dienone is 7. The second-order valence-electron chi connectivity index (χ2n) is 12.0. The number of rotatable bonds is 9. The highest BCUT2D eigenvalue weighted by atomic mass is 16.1. The molecule has 0 saturated carbocycles. The Kier molecular flexibility index (Phi) is 16.9. The molecule has 0 radical (unpaired) electrons. The minimum Gasteiger partial charge on any atom is -0.304 e. The Morgan fingerprint density at radius 2 is 1.44 bits per heavy atom. The zero-order chi connectivity index (χ0) is 30.1. The Labute approximate surface area is 241 Å². The van der Waals surface area contributed by atoms with Crippen LogP contribution >= 0.6 is 0 Å². The van der Waals surface area contributed by atoms with Gasteiger partial charge in [-0.1, -0.05) is 116 Å². The Hall–Kier alpha value is -3.00. The topological polar surface area (TPSA) is 30.0 Å². The highest BCUT2D eigenvalue weighted by Crippen LogP contribution is 2.40. The van der Waals surface area contributed by atoms with Gasteiger partial charge in [0.15, 0.2) is 0 Å². The zero-order valence-electron chi connectivity index (χ0n) is 26.8. The molecule has 0 spiro atoms. The van der Waals surface area contributed by atoms with Crippen LogP contribution in [0.15, 0.2) is 90.3 Å². The Morgan fingerprint density at radius 1 is 0.923 bits per heavy atom.